The Balaban J connectivity index is 1.67. The van der Waals surface area contributed by atoms with E-state index in [2.05, 4.69) is 30.5 Å². The molecule has 0 radical (unpaired) electrons. The van der Waals surface area contributed by atoms with Gasteiger partial charge in [-0.25, -0.2) is 18.1 Å². The van der Waals surface area contributed by atoms with Crippen LogP contribution in [0.1, 0.15) is 11.1 Å². The number of hydrogen-bond donors (Lipinski definition) is 1. The highest BCUT2D eigenvalue weighted by atomic mass is 79.9. The molecule has 0 unspecified atom stereocenters. The first-order valence-electron chi connectivity index (χ1n) is 8.13. The second-order valence-corrected chi connectivity index (χ2v) is 8.98. The second kappa shape index (κ2) is 8.77. The molecule has 2 heterocycles. The SMILES string of the molecule is O=S(=O)(NCc1cccc(CN2CCOCC2)c1)c1cc(Br)cnc1Cl. The van der Waals surface area contributed by atoms with Gasteiger partial charge < -0.3 is 4.74 Å². The smallest absolute Gasteiger partial charge is 0.243 e. The van der Waals surface area contributed by atoms with Crippen LogP contribution < -0.4 is 4.72 Å². The van der Waals surface area contributed by atoms with E-state index in [4.69, 9.17) is 16.3 Å². The van der Waals surface area contributed by atoms with Crippen LogP contribution in [0.4, 0.5) is 0 Å². The van der Waals surface area contributed by atoms with Gasteiger partial charge in [0.05, 0.1) is 13.2 Å². The highest BCUT2D eigenvalue weighted by molar-refractivity contribution is 9.10. The van der Waals surface area contributed by atoms with Crippen LogP contribution in [0.25, 0.3) is 0 Å². The quantitative estimate of drug-likeness (QED) is 0.671. The normalized spacial score (nSPS) is 15.9. The van der Waals surface area contributed by atoms with Crippen LogP contribution in [0.2, 0.25) is 5.15 Å². The minimum Gasteiger partial charge on any atom is -0.379 e. The van der Waals surface area contributed by atoms with Crippen LogP contribution in [0.3, 0.4) is 0 Å². The van der Waals surface area contributed by atoms with Gasteiger partial charge in [-0.05, 0) is 33.1 Å². The predicted molar refractivity (Wildman–Crippen MR) is 104 cm³/mol. The van der Waals surface area contributed by atoms with Crippen molar-refractivity contribution in [3.63, 3.8) is 0 Å². The highest BCUT2D eigenvalue weighted by Crippen LogP contribution is 2.22. The number of hydrogen-bond acceptors (Lipinski definition) is 5. The van der Waals surface area contributed by atoms with Crippen molar-refractivity contribution in [2.24, 2.45) is 0 Å². The van der Waals surface area contributed by atoms with Crippen LogP contribution in [0.5, 0.6) is 0 Å². The maximum Gasteiger partial charge on any atom is 0.243 e. The molecule has 26 heavy (non-hydrogen) atoms. The molecule has 0 bridgehead atoms. The van der Waals surface area contributed by atoms with E-state index < -0.39 is 10.0 Å². The lowest BCUT2D eigenvalue weighted by Gasteiger charge is -2.26. The zero-order valence-corrected chi connectivity index (χ0v) is 17.1. The molecule has 0 spiro atoms. The molecule has 2 aromatic rings. The number of rotatable bonds is 6. The fourth-order valence-corrected chi connectivity index (χ4v) is 4.66. The van der Waals surface area contributed by atoms with Crippen molar-refractivity contribution >= 4 is 37.6 Å². The standard InChI is InChI=1S/C17H19BrClN3O3S/c18-15-9-16(17(19)20-11-15)26(23,24)21-10-13-2-1-3-14(8-13)12-22-4-6-25-7-5-22/h1-3,8-9,11,21H,4-7,10,12H2. The molecule has 0 aliphatic carbocycles. The van der Waals surface area contributed by atoms with Gasteiger partial charge in [0.15, 0.2) is 0 Å². The van der Waals surface area contributed by atoms with E-state index >= 15 is 0 Å². The molecule has 6 nitrogen and oxygen atoms in total. The summed E-state index contributed by atoms with van der Waals surface area (Å²) >= 11 is 9.14. The summed E-state index contributed by atoms with van der Waals surface area (Å²) < 4.78 is 33.5. The topological polar surface area (TPSA) is 71.5 Å². The molecule has 1 aromatic heterocycles. The molecule has 1 fully saturated rings. The fraction of sp³-hybridized carbons (Fsp3) is 0.353. The van der Waals surface area contributed by atoms with Crippen molar-refractivity contribution in [1.29, 1.82) is 0 Å². The molecule has 1 aliphatic rings. The van der Waals surface area contributed by atoms with E-state index in [1.807, 2.05) is 24.3 Å². The highest BCUT2D eigenvalue weighted by Gasteiger charge is 2.19. The van der Waals surface area contributed by atoms with Crippen molar-refractivity contribution in [3.8, 4) is 0 Å². The average molecular weight is 461 g/mol. The predicted octanol–water partition coefficient (Wildman–Crippen LogP) is 2.81. The number of nitrogens with one attached hydrogen (secondary N) is 1. The summed E-state index contributed by atoms with van der Waals surface area (Å²) in [6, 6.07) is 9.33. The van der Waals surface area contributed by atoms with Crippen molar-refractivity contribution < 1.29 is 13.2 Å². The van der Waals surface area contributed by atoms with Gasteiger partial charge >= 0.3 is 0 Å². The van der Waals surface area contributed by atoms with E-state index in [1.54, 1.807) is 0 Å². The molecule has 0 atom stereocenters. The molecule has 3 rings (SSSR count). The second-order valence-electron chi connectivity index (χ2n) is 5.98. The van der Waals surface area contributed by atoms with E-state index in [0.717, 1.165) is 44.0 Å². The third kappa shape index (κ3) is 5.25. The van der Waals surface area contributed by atoms with Crippen LogP contribution in [0, 0.1) is 0 Å². The minimum atomic E-state index is -3.75. The van der Waals surface area contributed by atoms with Crippen molar-refractivity contribution in [2.75, 3.05) is 26.3 Å². The Bertz CT molecular complexity index is 873. The fourth-order valence-electron chi connectivity index (χ4n) is 2.70. The van der Waals surface area contributed by atoms with Crippen LogP contribution in [0.15, 0.2) is 45.9 Å². The Morgan fingerprint density at radius 1 is 1.23 bits per heavy atom. The number of sulfonamides is 1. The van der Waals surface area contributed by atoms with Gasteiger partial charge in [0.1, 0.15) is 10.0 Å². The Kier molecular flexibility index (Phi) is 6.65. The summed E-state index contributed by atoms with van der Waals surface area (Å²) in [6.07, 6.45) is 1.45. The zero-order valence-electron chi connectivity index (χ0n) is 14.0. The summed E-state index contributed by atoms with van der Waals surface area (Å²) in [5, 5.41) is -0.0539. The maximum atomic E-state index is 12.5. The lowest BCUT2D eigenvalue weighted by atomic mass is 10.1. The first kappa shape index (κ1) is 19.7. The molecule has 140 valence electrons. The Morgan fingerprint density at radius 3 is 2.73 bits per heavy atom. The maximum absolute atomic E-state index is 12.5. The molecule has 1 aromatic carbocycles. The third-order valence-corrected chi connectivity index (χ3v) is 6.29. The van der Waals surface area contributed by atoms with E-state index in [1.165, 1.54) is 12.3 Å². The van der Waals surface area contributed by atoms with Gasteiger partial charge in [-0.1, -0.05) is 35.9 Å². The molecule has 1 N–H and O–H groups in total. The molecular weight excluding hydrogens is 442 g/mol. The first-order chi connectivity index (χ1) is 12.4. The van der Waals surface area contributed by atoms with Gasteiger partial charge in [-0.3, -0.25) is 4.90 Å². The van der Waals surface area contributed by atoms with E-state index in [0.29, 0.717) is 4.47 Å². The Hall–Kier alpha value is -1.03. The van der Waals surface area contributed by atoms with Gasteiger partial charge in [-0.2, -0.15) is 0 Å². The monoisotopic (exact) mass is 459 g/mol. The summed E-state index contributed by atoms with van der Waals surface area (Å²) in [7, 11) is -3.75. The van der Waals surface area contributed by atoms with Crippen LogP contribution in [-0.2, 0) is 27.8 Å². The number of aromatic nitrogens is 1. The van der Waals surface area contributed by atoms with Gasteiger partial charge in [0, 0.05) is 36.8 Å². The van der Waals surface area contributed by atoms with Gasteiger partial charge in [0.2, 0.25) is 10.0 Å². The summed E-state index contributed by atoms with van der Waals surface area (Å²) in [4.78, 5) is 6.14. The number of ether oxygens (including phenoxy) is 1. The largest absolute Gasteiger partial charge is 0.379 e. The molecular formula is C17H19BrClN3O3S. The third-order valence-electron chi connectivity index (χ3n) is 4.03. The van der Waals surface area contributed by atoms with Gasteiger partial charge in [0.25, 0.3) is 0 Å². The number of pyridine rings is 1. The molecule has 1 aliphatic heterocycles. The molecule has 0 amide bonds. The van der Waals surface area contributed by atoms with E-state index in [9.17, 15) is 8.42 Å². The zero-order chi connectivity index (χ0) is 18.6. The molecule has 0 saturated carbocycles. The number of morpholine rings is 1. The number of benzene rings is 1. The van der Waals surface area contributed by atoms with Crippen molar-refractivity contribution in [1.82, 2.24) is 14.6 Å². The lowest BCUT2D eigenvalue weighted by molar-refractivity contribution is 0.0342. The van der Waals surface area contributed by atoms with Gasteiger partial charge in [-0.15, -0.1) is 0 Å². The number of nitrogens with zero attached hydrogens (tertiary/aromatic N) is 2. The first-order valence-corrected chi connectivity index (χ1v) is 10.8. The lowest BCUT2D eigenvalue weighted by Crippen LogP contribution is -2.35. The van der Waals surface area contributed by atoms with Crippen LogP contribution >= 0.6 is 27.5 Å². The van der Waals surface area contributed by atoms with Crippen molar-refractivity contribution in [2.45, 2.75) is 18.0 Å². The minimum absolute atomic E-state index is 0.0435. The number of halogens is 2. The summed E-state index contributed by atoms with van der Waals surface area (Å²) in [5.74, 6) is 0. The molecule has 9 heteroatoms. The van der Waals surface area contributed by atoms with Crippen molar-refractivity contribution in [3.05, 3.63) is 57.3 Å². The summed E-state index contributed by atoms with van der Waals surface area (Å²) in [6.45, 7) is 4.33. The average Bonchev–Trinajstić information content (AvgIpc) is 2.63. The molecule has 1 saturated heterocycles. The Labute approximate surface area is 166 Å². The van der Waals surface area contributed by atoms with Crippen LogP contribution in [-0.4, -0.2) is 44.6 Å². The Morgan fingerprint density at radius 2 is 1.96 bits per heavy atom. The van der Waals surface area contributed by atoms with E-state index in [-0.39, 0.29) is 16.6 Å². The summed E-state index contributed by atoms with van der Waals surface area (Å²) in [5.41, 5.74) is 2.03.